The predicted molar refractivity (Wildman–Crippen MR) is 36.2 cm³/mol. The molecule has 0 unspecified atom stereocenters. The van der Waals surface area contributed by atoms with Gasteiger partial charge in [0.05, 0.1) is 12.5 Å². The molecule has 0 aromatic heterocycles. The second kappa shape index (κ2) is 3.53. The SMILES string of the molecule is O=C(O)[C@@H]1CC[C@@H](C(F)(F)F)CO1. The van der Waals surface area contributed by atoms with E-state index in [0.717, 1.165) is 0 Å². The Labute approximate surface area is 72.5 Å². The summed E-state index contributed by atoms with van der Waals surface area (Å²) in [6.45, 7) is -0.541. The Bertz CT molecular complexity index is 194. The Morgan fingerprint density at radius 3 is 2.31 bits per heavy atom. The lowest BCUT2D eigenvalue weighted by Gasteiger charge is -2.27. The molecule has 0 aromatic rings. The van der Waals surface area contributed by atoms with Gasteiger partial charge < -0.3 is 9.84 Å². The van der Waals surface area contributed by atoms with Crippen LogP contribution in [-0.2, 0) is 9.53 Å². The van der Waals surface area contributed by atoms with E-state index in [1.807, 2.05) is 0 Å². The van der Waals surface area contributed by atoms with E-state index < -0.39 is 30.8 Å². The Balaban J connectivity index is 2.44. The molecule has 1 aliphatic rings. The molecule has 76 valence electrons. The Kier molecular flexibility index (Phi) is 2.80. The van der Waals surface area contributed by atoms with Gasteiger partial charge in [-0.05, 0) is 12.8 Å². The third-order valence-electron chi connectivity index (χ3n) is 2.01. The number of hydrogen-bond acceptors (Lipinski definition) is 2. The lowest BCUT2D eigenvalue weighted by Crippen LogP contribution is -2.38. The maximum absolute atomic E-state index is 12.0. The van der Waals surface area contributed by atoms with Crippen molar-refractivity contribution in [3.05, 3.63) is 0 Å². The third-order valence-corrected chi connectivity index (χ3v) is 2.01. The van der Waals surface area contributed by atoms with Crippen LogP contribution in [-0.4, -0.2) is 30.0 Å². The molecule has 1 fully saturated rings. The van der Waals surface area contributed by atoms with Crippen LogP contribution in [0.15, 0.2) is 0 Å². The summed E-state index contributed by atoms with van der Waals surface area (Å²) in [5, 5.41) is 8.42. The van der Waals surface area contributed by atoms with Crippen molar-refractivity contribution in [2.45, 2.75) is 25.1 Å². The summed E-state index contributed by atoms with van der Waals surface area (Å²) in [4.78, 5) is 10.3. The molecular weight excluding hydrogens is 189 g/mol. The molecule has 0 aliphatic carbocycles. The summed E-state index contributed by atoms with van der Waals surface area (Å²) in [6.07, 6.45) is -5.58. The van der Waals surface area contributed by atoms with E-state index in [0.29, 0.717) is 0 Å². The van der Waals surface area contributed by atoms with Crippen molar-refractivity contribution in [3.8, 4) is 0 Å². The molecule has 6 heteroatoms. The fourth-order valence-corrected chi connectivity index (χ4v) is 1.20. The molecule has 13 heavy (non-hydrogen) atoms. The molecule has 1 aliphatic heterocycles. The van der Waals surface area contributed by atoms with E-state index in [4.69, 9.17) is 5.11 Å². The highest BCUT2D eigenvalue weighted by atomic mass is 19.4. The van der Waals surface area contributed by atoms with Crippen molar-refractivity contribution in [2.24, 2.45) is 5.92 Å². The first kappa shape index (κ1) is 10.3. The first-order chi connectivity index (χ1) is 5.91. The standard InChI is InChI=1S/C7H9F3O3/c8-7(9,10)4-1-2-5(6(11)12)13-3-4/h4-5H,1-3H2,(H,11,12)/t4-,5+/m1/s1. The number of alkyl halides is 3. The summed E-state index contributed by atoms with van der Waals surface area (Å²) in [5.74, 6) is -2.70. The Morgan fingerprint density at radius 2 is 2.00 bits per heavy atom. The van der Waals surface area contributed by atoms with Crippen LogP contribution in [0.25, 0.3) is 0 Å². The minimum atomic E-state index is -4.27. The van der Waals surface area contributed by atoms with Crippen LogP contribution < -0.4 is 0 Å². The fraction of sp³-hybridized carbons (Fsp3) is 0.857. The van der Waals surface area contributed by atoms with Crippen molar-refractivity contribution in [1.82, 2.24) is 0 Å². The predicted octanol–water partition coefficient (Wildman–Crippen LogP) is 1.43. The fourth-order valence-electron chi connectivity index (χ4n) is 1.20. The highest BCUT2D eigenvalue weighted by Gasteiger charge is 2.43. The van der Waals surface area contributed by atoms with Crippen molar-refractivity contribution >= 4 is 5.97 Å². The maximum atomic E-state index is 12.0. The van der Waals surface area contributed by atoms with Gasteiger partial charge in [-0.3, -0.25) is 0 Å². The van der Waals surface area contributed by atoms with Crippen molar-refractivity contribution in [1.29, 1.82) is 0 Å². The first-order valence-corrected chi connectivity index (χ1v) is 3.82. The van der Waals surface area contributed by atoms with Gasteiger partial charge in [0, 0.05) is 0 Å². The molecule has 1 heterocycles. The minimum absolute atomic E-state index is 0.0699. The highest BCUT2D eigenvalue weighted by molar-refractivity contribution is 5.72. The lowest BCUT2D eigenvalue weighted by atomic mass is 9.98. The smallest absolute Gasteiger partial charge is 0.394 e. The summed E-state index contributed by atoms with van der Waals surface area (Å²) in [6, 6.07) is 0. The molecule has 1 N–H and O–H groups in total. The first-order valence-electron chi connectivity index (χ1n) is 3.82. The molecule has 0 radical (unpaired) electrons. The quantitative estimate of drug-likeness (QED) is 0.693. The summed E-state index contributed by atoms with van der Waals surface area (Å²) in [7, 11) is 0. The number of carboxylic acids is 1. The van der Waals surface area contributed by atoms with Crippen molar-refractivity contribution in [2.75, 3.05) is 6.61 Å². The second-order valence-electron chi connectivity index (χ2n) is 2.98. The highest BCUT2D eigenvalue weighted by Crippen LogP contribution is 2.33. The molecule has 0 saturated carbocycles. The van der Waals surface area contributed by atoms with Crippen LogP contribution in [0, 0.1) is 5.92 Å². The maximum Gasteiger partial charge on any atom is 0.394 e. The zero-order valence-corrected chi connectivity index (χ0v) is 6.67. The minimum Gasteiger partial charge on any atom is -0.479 e. The monoisotopic (exact) mass is 198 g/mol. The van der Waals surface area contributed by atoms with Gasteiger partial charge >= 0.3 is 12.1 Å². The van der Waals surface area contributed by atoms with Gasteiger partial charge in [-0.25, -0.2) is 4.79 Å². The normalized spacial score (nSPS) is 30.1. The van der Waals surface area contributed by atoms with Crippen LogP contribution in [0.5, 0.6) is 0 Å². The van der Waals surface area contributed by atoms with Gasteiger partial charge in [-0.2, -0.15) is 13.2 Å². The van der Waals surface area contributed by atoms with Crippen LogP contribution in [0.2, 0.25) is 0 Å². The average Bonchev–Trinajstić information content (AvgIpc) is 2.03. The number of hydrogen-bond donors (Lipinski definition) is 1. The number of halogens is 3. The van der Waals surface area contributed by atoms with E-state index in [9.17, 15) is 18.0 Å². The van der Waals surface area contributed by atoms with Gasteiger partial charge in [0.2, 0.25) is 0 Å². The zero-order chi connectivity index (χ0) is 10.1. The van der Waals surface area contributed by atoms with Gasteiger partial charge in [-0.1, -0.05) is 0 Å². The summed E-state index contributed by atoms with van der Waals surface area (Å²) >= 11 is 0. The molecule has 3 nitrogen and oxygen atoms in total. The largest absolute Gasteiger partial charge is 0.479 e. The Morgan fingerprint density at radius 1 is 1.38 bits per heavy atom. The van der Waals surface area contributed by atoms with E-state index in [1.54, 1.807) is 0 Å². The number of ether oxygens (including phenoxy) is 1. The van der Waals surface area contributed by atoms with E-state index >= 15 is 0 Å². The average molecular weight is 198 g/mol. The molecule has 2 atom stereocenters. The van der Waals surface area contributed by atoms with Gasteiger partial charge in [0.1, 0.15) is 0 Å². The number of rotatable bonds is 1. The number of aliphatic carboxylic acids is 1. The van der Waals surface area contributed by atoms with Crippen LogP contribution in [0.4, 0.5) is 13.2 Å². The third kappa shape index (κ3) is 2.58. The lowest BCUT2D eigenvalue weighted by molar-refractivity contribution is -0.211. The van der Waals surface area contributed by atoms with Crippen molar-refractivity contribution < 1.29 is 27.8 Å². The van der Waals surface area contributed by atoms with Crippen LogP contribution in [0.3, 0.4) is 0 Å². The molecule has 0 bridgehead atoms. The van der Waals surface area contributed by atoms with Gasteiger partial charge in [-0.15, -0.1) is 0 Å². The van der Waals surface area contributed by atoms with Crippen LogP contribution >= 0.6 is 0 Å². The second-order valence-corrected chi connectivity index (χ2v) is 2.98. The topological polar surface area (TPSA) is 46.5 Å². The summed E-state index contributed by atoms with van der Waals surface area (Å²) < 4.78 is 40.7. The zero-order valence-electron chi connectivity index (χ0n) is 6.67. The van der Waals surface area contributed by atoms with E-state index in [-0.39, 0.29) is 12.8 Å². The molecule has 0 spiro atoms. The molecular formula is C7H9F3O3. The number of carbonyl (C=O) groups is 1. The molecule has 0 aromatic carbocycles. The molecule has 1 rings (SSSR count). The molecule has 1 saturated heterocycles. The number of carboxylic acid groups (broad SMARTS) is 1. The molecule has 0 amide bonds. The van der Waals surface area contributed by atoms with E-state index in [1.165, 1.54) is 0 Å². The van der Waals surface area contributed by atoms with Crippen molar-refractivity contribution in [3.63, 3.8) is 0 Å². The van der Waals surface area contributed by atoms with E-state index in [2.05, 4.69) is 4.74 Å². The van der Waals surface area contributed by atoms with Crippen LogP contribution in [0.1, 0.15) is 12.8 Å². The Hall–Kier alpha value is -0.780. The van der Waals surface area contributed by atoms with Gasteiger partial charge in [0.25, 0.3) is 0 Å². The van der Waals surface area contributed by atoms with Gasteiger partial charge in [0.15, 0.2) is 6.10 Å². The summed E-state index contributed by atoms with van der Waals surface area (Å²) in [5.41, 5.74) is 0.